The van der Waals surface area contributed by atoms with Crippen LogP contribution in [0.3, 0.4) is 0 Å². The fourth-order valence-electron chi connectivity index (χ4n) is 1.77. The van der Waals surface area contributed by atoms with E-state index in [0.29, 0.717) is 12.2 Å². The van der Waals surface area contributed by atoms with Crippen LogP contribution in [0.15, 0.2) is 39.9 Å². The van der Waals surface area contributed by atoms with E-state index in [2.05, 4.69) is 33.1 Å². The summed E-state index contributed by atoms with van der Waals surface area (Å²) in [5.74, 6) is 0.470. The molecule has 1 N–H and O–H groups in total. The highest BCUT2D eigenvalue weighted by molar-refractivity contribution is 14.1. The molecule has 0 aliphatic heterocycles. The lowest BCUT2D eigenvalue weighted by molar-refractivity contribution is -0.120. The first-order valence-electron chi connectivity index (χ1n) is 6.18. The second-order valence-electron chi connectivity index (χ2n) is 4.54. The normalized spacial score (nSPS) is 10.9. The Morgan fingerprint density at radius 1 is 1.35 bits per heavy atom. The van der Waals surface area contributed by atoms with Gasteiger partial charge in [-0.05, 0) is 59.7 Å². The van der Waals surface area contributed by atoms with Crippen LogP contribution >= 0.6 is 22.6 Å². The lowest BCUT2D eigenvalue weighted by Gasteiger charge is -2.05. The molecule has 104 valence electrons. The average Bonchev–Trinajstić information content (AvgIpc) is 2.80. The van der Waals surface area contributed by atoms with E-state index in [4.69, 9.17) is 4.42 Å². The minimum Gasteiger partial charge on any atom is -0.449 e. The number of hydrogen-bond donors (Lipinski definition) is 1. The average molecular weight is 382 g/mol. The first-order chi connectivity index (χ1) is 9.54. The van der Waals surface area contributed by atoms with Gasteiger partial charge in [-0.2, -0.15) is 5.10 Å². The van der Waals surface area contributed by atoms with Crippen molar-refractivity contribution in [3.63, 3.8) is 0 Å². The van der Waals surface area contributed by atoms with Gasteiger partial charge in [-0.25, -0.2) is 5.43 Å². The Labute approximate surface area is 131 Å². The van der Waals surface area contributed by atoms with Crippen LogP contribution in [0, 0.1) is 17.6 Å². The number of hydrogen-bond acceptors (Lipinski definition) is 3. The number of benzene rings is 1. The van der Waals surface area contributed by atoms with Crippen molar-refractivity contribution in [1.29, 1.82) is 0 Å². The molecule has 4 nitrogen and oxygen atoms in total. The van der Waals surface area contributed by atoms with E-state index in [1.54, 1.807) is 6.07 Å². The number of nitrogens with zero attached hydrogens (tertiary/aromatic N) is 1. The largest absolute Gasteiger partial charge is 0.449 e. The van der Waals surface area contributed by atoms with Gasteiger partial charge in [-0.1, -0.05) is 23.8 Å². The molecule has 1 aromatic heterocycles. The molecular weight excluding hydrogens is 367 g/mol. The Balaban J connectivity index is 1.92. The quantitative estimate of drug-likeness (QED) is 0.502. The molecule has 5 heteroatoms. The van der Waals surface area contributed by atoms with Crippen LogP contribution in [-0.2, 0) is 11.2 Å². The zero-order chi connectivity index (χ0) is 14.5. The molecule has 0 fully saturated rings. The molecule has 0 unspecified atom stereocenters. The summed E-state index contributed by atoms with van der Waals surface area (Å²) >= 11 is 2.07. The molecule has 0 bridgehead atoms. The summed E-state index contributed by atoms with van der Waals surface area (Å²) in [4.78, 5) is 11.8. The summed E-state index contributed by atoms with van der Waals surface area (Å²) in [7, 11) is 0. The monoisotopic (exact) mass is 382 g/mol. The van der Waals surface area contributed by atoms with Crippen molar-refractivity contribution in [2.24, 2.45) is 5.10 Å². The van der Waals surface area contributed by atoms with Crippen molar-refractivity contribution >= 4 is 34.7 Å². The number of halogens is 1. The molecule has 0 spiro atoms. The second kappa shape index (κ2) is 6.69. The van der Waals surface area contributed by atoms with E-state index in [1.165, 1.54) is 6.21 Å². The zero-order valence-electron chi connectivity index (χ0n) is 11.3. The topological polar surface area (TPSA) is 54.6 Å². The molecule has 0 aliphatic rings. The molecule has 2 rings (SSSR count). The van der Waals surface area contributed by atoms with Gasteiger partial charge in [-0.15, -0.1) is 0 Å². The van der Waals surface area contributed by atoms with Gasteiger partial charge in [0.1, 0.15) is 5.76 Å². The number of furan rings is 1. The Hall–Kier alpha value is -1.63. The maximum absolute atomic E-state index is 11.8. The van der Waals surface area contributed by atoms with E-state index >= 15 is 0 Å². The lowest BCUT2D eigenvalue weighted by Crippen LogP contribution is -2.20. The van der Waals surface area contributed by atoms with Gasteiger partial charge in [0.05, 0.1) is 12.6 Å². The van der Waals surface area contributed by atoms with E-state index < -0.39 is 0 Å². The van der Waals surface area contributed by atoms with Gasteiger partial charge < -0.3 is 4.42 Å². The van der Waals surface area contributed by atoms with Crippen LogP contribution < -0.4 is 5.43 Å². The SMILES string of the molecule is Cc1ccc(C)c(CC(=O)N/N=C\c2ccc(I)o2)c1. The maximum atomic E-state index is 11.8. The van der Waals surface area contributed by atoms with Crippen molar-refractivity contribution in [2.75, 3.05) is 0 Å². The predicted octanol–water partition coefficient (Wildman–Crippen LogP) is 3.19. The summed E-state index contributed by atoms with van der Waals surface area (Å²) in [5.41, 5.74) is 5.77. The standard InChI is InChI=1S/C15H15IN2O2/c1-10-3-4-11(2)12(7-10)8-15(19)18-17-9-13-5-6-14(16)20-13/h3-7,9H,8H2,1-2H3,(H,18,19)/b17-9-. The third kappa shape index (κ3) is 4.19. The van der Waals surface area contributed by atoms with E-state index in [0.717, 1.165) is 20.5 Å². The third-order valence-corrected chi connectivity index (χ3v) is 3.41. The molecule has 0 radical (unpaired) electrons. The molecule has 1 aromatic carbocycles. The Morgan fingerprint density at radius 3 is 2.85 bits per heavy atom. The third-order valence-electron chi connectivity index (χ3n) is 2.83. The summed E-state index contributed by atoms with van der Waals surface area (Å²) in [6.45, 7) is 4.01. The highest BCUT2D eigenvalue weighted by Gasteiger charge is 2.05. The van der Waals surface area contributed by atoms with Gasteiger partial charge in [0.2, 0.25) is 5.91 Å². The Kier molecular flexibility index (Phi) is 4.94. The number of carbonyl (C=O) groups excluding carboxylic acids is 1. The number of aryl methyl sites for hydroxylation is 2. The van der Waals surface area contributed by atoms with Crippen molar-refractivity contribution in [3.05, 3.63) is 56.5 Å². The molecule has 2 aromatic rings. The fourth-order valence-corrected chi connectivity index (χ4v) is 2.20. The smallest absolute Gasteiger partial charge is 0.244 e. The van der Waals surface area contributed by atoms with Crippen LogP contribution in [-0.4, -0.2) is 12.1 Å². The number of amides is 1. The van der Waals surface area contributed by atoms with E-state index in [9.17, 15) is 4.79 Å². The summed E-state index contributed by atoms with van der Waals surface area (Å²) in [6.07, 6.45) is 1.81. The van der Waals surface area contributed by atoms with Crippen LogP contribution in [0.5, 0.6) is 0 Å². The summed E-state index contributed by atoms with van der Waals surface area (Å²) in [6, 6.07) is 9.70. The highest BCUT2D eigenvalue weighted by Crippen LogP contribution is 2.11. The zero-order valence-corrected chi connectivity index (χ0v) is 13.5. The number of rotatable bonds is 4. The minimum atomic E-state index is -0.142. The highest BCUT2D eigenvalue weighted by atomic mass is 127. The molecule has 1 amide bonds. The first-order valence-corrected chi connectivity index (χ1v) is 7.26. The van der Waals surface area contributed by atoms with Gasteiger partial charge >= 0.3 is 0 Å². The van der Waals surface area contributed by atoms with Gasteiger partial charge in [0.15, 0.2) is 3.77 Å². The van der Waals surface area contributed by atoms with Gasteiger partial charge in [0.25, 0.3) is 0 Å². The van der Waals surface area contributed by atoms with Gasteiger partial charge in [0, 0.05) is 0 Å². The van der Waals surface area contributed by atoms with Crippen LogP contribution in [0.4, 0.5) is 0 Å². The lowest BCUT2D eigenvalue weighted by atomic mass is 10.0. The Morgan fingerprint density at radius 2 is 2.15 bits per heavy atom. The van der Waals surface area contributed by atoms with E-state index in [1.807, 2.05) is 38.1 Å². The van der Waals surface area contributed by atoms with Gasteiger partial charge in [-0.3, -0.25) is 4.79 Å². The molecule has 0 atom stereocenters. The van der Waals surface area contributed by atoms with Crippen molar-refractivity contribution in [2.45, 2.75) is 20.3 Å². The van der Waals surface area contributed by atoms with Crippen LogP contribution in [0.1, 0.15) is 22.5 Å². The molecule has 1 heterocycles. The number of hydrazone groups is 1. The molecule has 20 heavy (non-hydrogen) atoms. The number of carbonyl (C=O) groups is 1. The Bertz CT molecular complexity index is 647. The van der Waals surface area contributed by atoms with Crippen LogP contribution in [0.25, 0.3) is 0 Å². The molecular formula is C15H15IN2O2. The second-order valence-corrected chi connectivity index (χ2v) is 5.60. The van der Waals surface area contributed by atoms with Crippen molar-refractivity contribution in [1.82, 2.24) is 5.43 Å². The summed E-state index contributed by atoms with van der Waals surface area (Å²) < 4.78 is 6.09. The maximum Gasteiger partial charge on any atom is 0.244 e. The first kappa shape index (κ1) is 14.8. The minimum absolute atomic E-state index is 0.142. The fraction of sp³-hybridized carbons (Fsp3) is 0.200. The number of nitrogens with one attached hydrogen (secondary N) is 1. The van der Waals surface area contributed by atoms with Crippen molar-refractivity contribution < 1.29 is 9.21 Å². The molecule has 0 aliphatic carbocycles. The van der Waals surface area contributed by atoms with Crippen molar-refractivity contribution in [3.8, 4) is 0 Å². The predicted molar refractivity (Wildman–Crippen MR) is 86.8 cm³/mol. The molecule has 0 saturated heterocycles. The summed E-state index contributed by atoms with van der Waals surface area (Å²) in [5, 5.41) is 3.88. The van der Waals surface area contributed by atoms with E-state index in [-0.39, 0.29) is 5.91 Å². The molecule has 0 saturated carbocycles. The van der Waals surface area contributed by atoms with Crippen LogP contribution in [0.2, 0.25) is 0 Å².